The zero-order chi connectivity index (χ0) is 27.4. The van der Waals surface area contributed by atoms with E-state index in [1.807, 2.05) is 42.5 Å². The Labute approximate surface area is 230 Å². The van der Waals surface area contributed by atoms with Crippen molar-refractivity contribution in [2.45, 2.75) is 6.92 Å². The topological polar surface area (TPSA) is 4.93 Å². The monoisotopic (exact) mass is 521 g/mol. The highest BCUT2D eigenvalue weighted by Gasteiger charge is 2.23. The van der Waals surface area contributed by atoms with Crippen LogP contribution in [-0.2, 0) is 0 Å². The van der Waals surface area contributed by atoms with Crippen molar-refractivity contribution in [3.63, 3.8) is 0 Å². The maximum atomic E-state index is 14.1. The Hall–Kier alpha value is -5.02. The van der Waals surface area contributed by atoms with E-state index >= 15 is 0 Å². The molecule has 0 aliphatic carbocycles. The molecule has 0 unspecified atom stereocenters. The van der Waals surface area contributed by atoms with Gasteiger partial charge in [-0.1, -0.05) is 79.4 Å². The standard InChI is InChI=1S/C37H25F2N/c1-3-23-12-13-24-8-7-9-27-22-33(30(4-2)35(23)34(24)27)40-32-11-6-5-10-31(32)36(25-14-18-28(38)19-15-25)37(40)26-16-20-29(39)21-17-26/h3-22H,2H2,1H3/b23-3-. The van der Waals surface area contributed by atoms with Crippen molar-refractivity contribution in [1.29, 1.82) is 0 Å². The van der Waals surface area contributed by atoms with Gasteiger partial charge in [-0.05, 0) is 93.3 Å². The molecule has 6 aromatic carbocycles. The lowest BCUT2D eigenvalue weighted by molar-refractivity contribution is 0.627. The molecule has 0 N–H and O–H groups in total. The fourth-order valence-corrected chi connectivity index (χ4v) is 6.10. The van der Waals surface area contributed by atoms with Crippen LogP contribution in [0.15, 0.2) is 116 Å². The van der Waals surface area contributed by atoms with E-state index in [2.05, 4.69) is 72.7 Å². The molecule has 0 aliphatic heterocycles. The van der Waals surface area contributed by atoms with Gasteiger partial charge < -0.3 is 4.57 Å². The Morgan fingerprint density at radius 2 is 1.35 bits per heavy atom. The van der Waals surface area contributed by atoms with Gasteiger partial charge in [-0.3, -0.25) is 0 Å². The third-order valence-electron chi connectivity index (χ3n) is 7.83. The van der Waals surface area contributed by atoms with Gasteiger partial charge in [-0.15, -0.1) is 0 Å². The van der Waals surface area contributed by atoms with E-state index in [9.17, 15) is 8.78 Å². The molecule has 1 heterocycles. The van der Waals surface area contributed by atoms with Crippen LogP contribution in [0.5, 0.6) is 0 Å². The van der Waals surface area contributed by atoms with Crippen molar-refractivity contribution in [3.05, 3.63) is 138 Å². The van der Waals surface area contributed by atoms with Crippen molar-refractivity contribution in [2.75, 3.05) is 0 Å². The van der Waals surface area contributed by atoms with Gasteiger partial charge in [0.25, 0.3) is 0 Å². The number of fused-ring (bicyclic) bond motifs is 1. The van der Waals surface area contributed by atoms with Crippen LogP contribution in [0.2, 0.25) is 0 Å². The molecule has 3 heteroatoms. The number of rotatable bonds is 4. The second-order valence-corrected chi connectivity index (χ2v) is 10.0. The van der Waals surface area contributed by atoms with E-state index in [-0.39, 0.29) is 11.6 Å². The van der Waals surface area contributed by atoms with E-state index in [0.717, 1.165) is 60.5 Å². The summed E-state index contributed by atoms with van der Waals surface area (Å²) in [5, 5.41) is 6.82. The van der Waals surface area contributed by atoms with Crippen LogP contribution in [-0.4, -0.2) is 4.57 Å². The Bertz CT molecular complexity index is 2130. The van der Waals surface area contributed by atoms with Gasteiger partial charge in [0.2, 0.25) is 0 Å². The lowest BCUT2D eigenvalue weighted by Gasteiger charge is -2.19. The van der Waals surface area contributed by atoms with Gasteiger partial charge in [-0.2, -0.15) is 0 Å². The van der Waals surface area contributed by atoms with Crippen molar-refractivity contribution in [2.24, 2.45) is 0 Å². The molecule has 0 fully saturated rings. The first kappa shape index (κ1) is 24.1. The molecule has 1 nitrogen and oxygen atoms in total. The molecule has 0 radical (unpaired) electrons. The minimum atomic E-state index is -0.298. The van der Waals surface area contributed by atoms with Crippen molar-refractivity contribution >= 4 is 44.6 Å². The zero-order valence-corrected chi connectivity index (χ0v) is 22.0. The number of hydrogen-bond donors (Lipinski definition) is 0. The lowest BCUT2D eigenvalue weighted by Crippen LogP contribution is -2.08. The number of nitrogens with zero attached hydrogens (tertiary/aromatic N) is 1. The predicted octanol–water partition coefficient (Wildman–Crippen LogP) is 9.71. The molecule has 40 heavy (non-hydrogen) atoms. The van der Waals surface area contributed by atoms with E-state index < -0.39 is 0 Å². The maximum Gasteiger partial charge on any atom is 0.123 e. The summed E-state index contributed by atoms with van der Waals surface area (Å²) in [6.45, 7) is 6.32. The molecule has 0 atom stereocenters. The molecular weight excluding hydrogens is 496 g/mol. The fourth-order valence-electron chi connectivity index (χ4n) is 6.10. The SMILES string of the molecule is C=Cc1c(-n2c(-c3ccc(F)cc3)c(-c3ccc(F)cc3)c3ccccc32)cc2cccc3cc/c(=C/C)c1c32. The maximum absolute atomic E-state index is 14.1. The predicted molar refractivity (Wildman–Crippen MR) is 165 cm³/mol. The quantitative estimate of drug-likeness (QED) is 0.217. The molecule has 0 saturated heterocycles. The molecular formula is C37H25F2N. The summed E-state index contributed by atoms with van der Waals surface area (Å²) in [6.07, 6.45) is 4.07. The van der Waals surface area contributed by atoms with Crippen molar-refractivity contribution < 1.29 is 8.78 Å². The second kappa shape index (κ2) is 9.32. The van der Waals surface area contributed by atoms with Gasteiger partial charge >= 0.3 is 0 Å². The van der Waals surface area contributed by atoms with E-state index in [0.29, 0.717) is 0 Å². The minimum absolute atomic E-state index is 0.291. The lowest BCUT2D eigenvalue weighted by atomic mass is 9.93. The van der Waals surface area contributed by atoms with Crippen LogP contribution in [0.25, 0.3) is 72.7 Å². The Morgan fingerprint density at radius 3 is 2.05 bits per heavy atom. The Morgan fingerprint density at radius 1 is 0.675 bits per heavy atom. The summed E-state index contributed by atoms with van der Waals surface area (Å²) < 4.78 is 30.4. The molecule has 0 aliphatic rings. The van der Waals surface area contributed by atoms with Crippen LogP contribution in [0.1, 0.15) is 12.5 Å². The average Bonchev–Trinajstić information content (AvgIpc) is 3.33. The number of benzene rings is 6. The summed E-state index contributed by atoms with van der Waals surface area (Å²) in [4.78, 5) is 0. The molecule has 0 saturated carbocycles. The average molecular weight is 522 g/mol. The van der Waals surface area contributed by atoms with Gasteiger partial charge in [0.15, 0.2) is 0 Å². The molecule has 7 aromatic rings. The van der Waals surface area contributed by atoms with Gasteiger partial charge in [0.1, 0.15) is 11.6 Å². The van der Waals surface area contributed by atoms with Crippen LogP contribution in [0.3, 0.4) is 0 Å². The van der Waals surface area contributed by atoms with Crippen molar-refractivity contribution in [3.8, 4) is 28.1 Å². The number of para-hydroxylation sites is 1. The smallest absolute Gasteiger partial charge is 0.123 e. The highest BCUT2D eigenvalue weighted by atomic mass is 19.1. The first-order valence-corrected chi connectivity index (χ1v) is 13.3. The second-order valence-electron chi connectivity index (χ2n) is 10.0. The number of halogens is 2. The van der Waals surface area contributed by atoms with Gasteiger partial charge in [-0.25, -0.2) is 8.78 Å². The number of hydrogen-bond acceptors (Lipinski definition) is 0. The molecule has 0 amide bonds. The molecule has 7 rings (SSSR count). The zero-order valence-electron chi connectivity index (χ0n) is 22.0. The van der Waals surface area contributed by atoms with Crippen LogP contribution < -0.4 is 5.22 Å². The molecule has 0 spiro atoms. The highest BCUT2D eigenvalue weighted by Crippen LogP contribution is 2.44. The minimum Gasteiger partial charge on any atom is -0.308 e. The van der Waals surface area contributed by atoms with Gasteiger partial charge in [0, 0.05) is 16.5 Å². The summed E-state index contributed by atoms with van der Waals surface area (Å²) in [7, 11) is 0. The van der Waals surface area contributed by atoms with Gasteiger partial charge in [0.05, 0.1) is 16.9 Å². The summed E-state index contributed by atoms with van der Waals surface area (Å²) in [5.74, 6) is -0.588. The van der Waals surface area contributed by atoms with E-state index in [4.69, 9.17) is 0 Å². The van der Waals surface area contributed by atoms with E-state index in [1.165, 1.54) is 35.0 Å². The largest absolute Gasteiger partial charge is 0.308 e. The third kappa shape index (κ3) is 3.59. The normalized spacial score (nSPS) is 12.1. The Kier molecular flexibility index (Phi) is 5.60. The molecule has 1 aromatic heterocycles. The Balaban J connectivity index is 1.72. The highest BCUT2D eigenvalue weighted by molar-refractivity contribution is 6.15. The molecule has 0 bridgehead atoms. The van der Waals surface area contributed by atoms with Crippen molar-refractivity contribution in [1.82, 2.24) is 4.57 Å². The van der Waals surface area contributed by atoms with Crippen LogP contribution in [0.4, 0.5) is 8.78 Å². The summed E-state index contributed by atoms with van der Waals surface area (Å²) in [6, 6.07) is 34.3. The van der Waals surface area contributed by atoms with E-state index in [1.54, 1.807) is 0 Å². The van der Waals surface area contributed by atoms with Crippen LogP contribution >= 0.6 is 0 Å². The van der Waals surface area contributed by atoms with Crippen LogP contribution in [0, 0.1) is 11.6 Å². The first-order valence-electron chi connectivity index (χ1n) is 13.3. The summed E-state index contributed by atoms with van der Waals surface area (Å²) >= 11 is 0. The first-order chi connectivity index (χ1) is 19.6. The number of aromatic nitrogens is 1. The fraction of sp³-hybridized carbons (Fsp3) is 0.0270. The third-order valence-corrected chi connectivity index (χ3v) is 7.83. The summed E-state index contributed by atoms with van der Waals surface area (Å²) in [5.41, 5.74) is 6.62. The molecule has 192 valence electrons.